The number of hydrogen-bond donors (Lipinski definition) is 2. The van der Waals surface area contributed by atoms with Crippen LogP contribution in [0.5, 0.6) is 0 Å². The Labute approximate surface area is 126 Å². The average molecular weight is 330 g/mol. The Morgan fingerprint density at radius 1 is 1.43 bits per heavy atom. The van der Waals surface area contributed by atoms with Crippen molar-refractivity contribution in [3.05, 3.63) is 40.8 Å². The number of aromatic nitrogens is 2. The highest BCUT2D eigenvalue weighted by Crippen LogP contribution is 2.23. The van der Waals surface area contributed by atoms with Crippen molar-refractivity contribution in [2.75, 3.05) is 11.8 Å². The van der Waals surface area contributed by atoms with Gasteiger partial charge in [-0.3, -0.25) is 4.72 Å². The van der Waals surface area contributed by atoms with Gasteiger partial charge in [0.2, 0.25) is 0 Å². The fourth-order valence-electron chi connectivity index (χ4n) is 1.60. The van der Waals surface area contributed by atoms with Crippen molar-refractivity contribution >= 4 is 33.3 Å². The second-order valence-electron chi connectivity index (χ2n) is 4.12. The number of esters is 1. The molecule has 0 amide bonds. The number of benzene rings is 1. The first-order valence-corrected chi connectivity index (χ1v) is 7.62. The molecule has 0 aliphatic heterocycles. The normalized spacial score (nSPS) is 11.2. The summed E-state index contributed by atoms with van der Waals surface area (Å²) in [4.78, 5) is 18.0. The molecule has 0 atom stereocenters. The van der Waals surface area contributed by atoms with E-state index in [-0.39, 0.29) is 21.3 Å². The van der Waals surface area contributed by atoms with E-state index in [1.165, 1.54) is 31.5 Å². The van der Waals surface area contributed by atoms with Gasteiger partial charge >= 0.3 is 5.97 Å². The van der Waals surface area contributed by atoms with Crippen LogP contribution in [0.4, 0.5) is 5.69 Å². The molecule has 0 saturated heterocycles. The predicted octanol–water partition coefficient (Wildman–Crippen LogP) is 1.96. The van der Waals surface area contributed by atoms with E-state index in [1.54, 1.807) is 6.92 Å². The monoisotopic (exact) mass is 329 g/mol. The second kappa shape index (κ2) is 5.74. The summed E-state index contributed by atoms with van der Waals surface area (Å²) in [5, 5.41) is 0.0942. The number of ether oxygens (including phenoxy) is 1. The zero-order chi connectivity index (χ0) is 15.6. The number of nitrogens with one attached hydrogen (secondary N) is 2. The summed E-state index contributed by atoms with van der Waals surface area (Å²) < 4.78 is 31.1. The number of H-pyrrole nitrogens is 1. The third kappa shape index (κ3) is 3.34. The Morgan fingerprint density at radius 2 is 2.14 bits per heavy atom. The number of rotatable bonds is 4. The molecule has 1 aromatic heterocycles. The zero-order valence-corrected chi connectivity index (χ0v) is 12.7. The van der Waals surface area contributed by atoms with E-state index in [1.807, 2.05) is 0 Å². The maximum atomic E-state index is 12.1. The lowest BCUT2D eigenvalue weighted by Gasteiger charge is -2.08. The first-order valence-electron chi connectivity index (χ1n) is 5.76. The van der Waals surface area contributed by atoms with Crippen LogP contribution in [0.1, 0.15) is 16.2 Å². The lowest BCUT2D eigenvalue weighted by atomic mass is 10.2. The number of aryl methyl sites for hydroxylation is 1. The lowest BCUT2D eigenvalue weighted by molar-refractivity contribution is 0.0601. The van der Waals surface area contributed by atoms with Crippen molar-refractivity contribution in [2.45, 2.75) is 11.9 Å². The molecule has 2 aromatic rings. The number of carbonyl (C=O) groups excluding carboxylic acids is 1. The van der Waals surface area contributed by atoms with Crippen molar-refractivity contribution in [1.82, 2.24) is 9.97 Å². The molecule has 0 bridgehead atoms. The predicted molar refractivity (Wildman–Crippen MR) is 76.9 cm³/mol. The van der Waals surface area contributed by atoms with Crippen LogP contribution < -0.4 is 4.72 Å². The Morgan fingerprint density at radius 3 is 2.71 bits per heavy atom. The first-order chi connectivity index (χ1) is 9.83. The molecule has 0 saturated carbocycles. The van der Waals surface area contributed by atoms with Gasteiger partial charge in [0.05, 0.1) is 23.9 Å². The lowest BCUT2D eigenvalue weighted by Crippen LogP contribution is -2.14. The van der Waals surface area contributed by atoms with E-state index in [2.05, 4.69) is 19.4 Å². The minimum absolute atomic E-state index is 0.0696. The van der Waals surface area contributed by atoms with Gasteiger partial charge in [0, 0.05) is 5.69 Å². The smallest absolute Gasteiger partial charge is 0.339 e. The van der Waals surface area contributed by atoms with Gasteiger partial charge in [0.1, 0.15) is 5.82 Å². The van der Waals surface area contributed by atoms with Gasteiger partial charge in [-0.05, 0) is 25.1 Å². The molecular formula is C12H12ClN3O4S. The van der Waals surface area contributed by atoms with Crippen LogP contribution in [0.2, 0.25) is 5.02 Å². The fraction of sp³-hybridized carbons (Fsp3) is 0.167. The van der Waals surface area contributed by atoms with Crippen LogP contribution in [0, 0.1) is 6.92 Å². The van der Waals surface area contributed by atoms with E-state index in [0.717, 1.165) is 0 Å². The molecule has 7 nitrogen and oxygen atoms in total. The number of nitrogens with zero attached hydrogens (tertiary/aromatic N) is 1. The maximum absolute atomic E-state index is 12.1. The van der Waals surface area contributed by atoms with Crippen LogP contribution in [-0.4, -0.2) is 31.5 Å². The number of methoxy groups -OCH3 is 1. The largest absolute Gasteiger partial charge is 0.465 e. The van der Waals surface area contributed by atoms with Gasteiger partial charge < -0.3 is 9.72 Å². The number of sulfonamides is 1. The van der Waals surface area contributed by atoms with Crippen molar-refractivity contribution in [1.29, 1.82) is 0 Å². The van der Waals surface area contributed by atoms with E-state index >= 15 is 0 Å². The number of anilines is 1. The van der Waals surface area contributed by atoms with Gasteiger partial charge in [-0.1, -0.05) is 11.6 Å². The van der Waals surface area contributed by atoms with Crippen molar-refractivity contribution < 1.29 is 17.9 Å². The fourth-order valence-corrected chi connectivity index (χ4v) is 2.82. The van der Waals surface area contributed by atoms with Gasteiger partial charge in [-0.15, -0.1) is 0 Å². The Bertz CT molecular complexity index is 786. The molecule has 2 N–H and O–H groups in total. The molecule has 0 fully saturated rings. The topological polar surface area (TPSA) is 101 Å². The molecule has 112 valence electrons. The van der Waals surface area contributed by atoms with E-state index in [4.69, 9.17) is 11.6 Å². The molecule has 1 aromatic carbocycles. The zero-order valence-electron chi connectivity index (χ0n) is 11.2. The van der Waals surface area contributed by atoms with E-state index in [0.29, 0.717) is 5.82 Å². The van der Waals surface area contributed by atoms with Crippen LogP contribution in [0.3, 0.4) is 0 Å². The Kier molecular flexibility index (Phi) is 4.19. The molecule has 2 rings (SSSR count). The van der Waals surface area contributed by atoms with Crippen molar-refractivity contribution in [2.24, 2.45) is 0 Å². The average Bonchev–Trinajstić information content (AvgIpc) is 2.87. The van der Waals surface area contributed by atoms with E-state index in [9.17, 15) is 13.2 Å². The molecule has 0 spiro atoms. The summed E-state index contributed by atoms with van der Waals surface area (Å²) in [5.41, 5.74) is 0.257. The summed E-state index contributed by atoms with van der Waals surface area (Å²) in [6.45, 7) is 1.64. The molecule has 0 radical (unpaired) electrons. The highest BCUT2D eigenvalue weighted by molar-refractivity contribution is 7.92. The van der Waals surface area contributed by atoms with Crippen molar-refractivity contribution in [3.63, 3.8) is 0 Å². The highest BCUT2D eigenvalue weighted by Gasteiger charge is 2.18. The standard InChI is InChI=1S/C12H12ClN3O4S/c1-7-14-6-11(15-7)21(18,19)16-8-3-4-10(13)9(5-8)12(17)20-2/h3-6,16H,1-2H3,(H,14,15). The third-order valence-electron chi connectivity index (χ3n) is 2.59. The SMILES string of the molecule is COC(=O)c1cc(NS(=O)(=O)c2cnc(C)[nH]2)ccc1Cl. The van der Waals surface area contributed by atoms with Gasteiger partial charge in [-0.2, -0.15) is 8.42 Å². The van der Waals surface area contributed by atoms with Gasteiger partial charge in [0.15, 0.2) is 5.03 Å². The van der Waals surface area contributed by atoms with Gasteiger partial charge in [-0.25, -0.2) is 9.78 Å². The minimum atomic E-state index is -3.82. The van der Waals surface area contributed by atoms with Crippen LogP contribution >= 0.6 is 11.6 Å². The molecule has 21 heavy (non-hydrogen) atoms. The summed E-state index contributed by atoms with van der Waals surface area (Å²) in [6, 6.07) is 4.15. The minimum Gasteiger partial charge on any atom is -0.465 e. The first kappa shape index (κ1) is 15.3. The van der Waals surface area contributed by atoms with Crippen LogP contribution in [0.25, 0.3) is 0 Å². The van der Waals surface area contributed by atoms with E-state index < -0.39 is 16.0 Å². The van der Waals surface area contributed by atoms with Crippen LogP contribution in [-0.2, 0) is 14.8 Å². The summed E-state index contributed by atoms with van der Waals surface area (Å²) in [5.74, 6) is -0.180. The maximum Gasteiger partial charge on any atom is 0.339 e. The molecule has 0 aliphatic carbocycles. The van der Waals surface area contributed by atoms with Crippen LogP contribution in [0.15, 0.2) is 29.4 Å². The molecule has 0 aliphatic rings. The highest BCUT2D eigenvalue weighted by atomic mass is 35.5. The molecule has 9 heteroatoms. The van der Waals surface area contributed by atoms with Gasteiger partial charge in [0.25, 0.3) is 10.0 Å². The summed E-state index contributed by atoms with van der Waals surface area (Å²) in [6.07, 6.45) is 1.20. The number of carbonyl (C=O) groups is 1. The number of imidazole rings is 1. The second-order valence-corrected chi connectivity index (χ2v) is 6.18. The Hall–Kier alpha value is -2.06. The Balaban J connectivity index is 2.34. The quantitative estimate of drug-likeness (QED) is 0.835. The number of hydrogen-bond acceptors (Lipinski definition) is 5. The number of aromatic amines is 1. The third-order valence-corrected chi connectivity index (χ3v) is 4.21. The van der Waals surface area contributed by atoms with Crippen molar-refractivity contribution in [3.8, 4) is 0 Å². The number of halogens is 1. The molecule has 0 unspecified atom stereocenters. The summed E-state index contributed by atoms with van der Waals surface area (Å²) in [7, 11) is -2.61. The molecule has 1 heterocycles. The molecular weight excluding hydrogens is 318 g/mol. The summed E-state index contributed by atoms with van der Waals surface area (Å²) >= 11 is 5.87.